The second-order valence-corrected chi connectivity index (χ2v) is 7.46. The monoisotopic (exact) mass is 413 g/mol. The number of ether oxygens (including phenoxy) is 1. The third-order valence-electron chi connectivity index (χ3n) is 5.44. The number of amides is 1. The van der Waals surface area contributed by atoms with Gasteiger partial charge in [0.2, 0.25) is 5.95 Å². The number of hydrogen-bond acceptors (Lipinski definition) is 4. The Balaban J connectivity index is 1.39. The number of carbonyl (C=O) groups is 1. The van der Waals surface area contributed by atoms with E-state index in [1.165, 1.54) is 5.56 Å². The summed E-state index contributed by atoms with van der Waals surface area (Å²) in [7, 11) is 1.61. The predicted molar refractivity (Wildman–Crippen MR) is 123 cm³/mol. The van der Waals surface area contributed by atoms with Crippen molar-refractivity contribution in [3.63, 3.8) is 0 Å². The van der Waals surface area contributed by atoms with Crippen molar-refractivity contribution < 1.29 is 9.53 Å². The van der Waals surface area contributed by atoms with Crippen molar-refractivity contribution in [3.8, 4) is 5.75 Å². The van der Waals surface area contributed by atoms with Gasteiger partial charge in [-0.05, 0) is 42.7 Å². The number of fused-ring (bicyclic) bond motifs is 3. The van der Waals surface area contributed by atoms with Gasteiger partial charge in [0.1, 0.15) is 11.3 Å². The molecule has 0 saturated carbocycles. The van der Waals surface area contributed by atoms with Gasteiger partial charge in [0, 0.05) is 18.3 Å². The van der Waals surface area contributed by atoms with Crippen molar-refractivity contribution in [1.29, 1.82) is 0 Å². The summed E-state index contributed by atoms with van der Waals surface area (Å²) in [4.78, 5) is 23.8. The number of benzene rings is 2. The van der Waals surface area contributed by atoms with E-state index in [9.17, 15) is 4.79 Å². The summed E-state index contributed by atoms with van der Waals surface area (Å²) in [5.74, 6) is 1.23. The number of hydrogen-bond donors (Lipinski definition) is 4. The van der Waals surface area contributed by atoms with Crippen molar-refractivity contribution in [2.75, 3.05) is 24.3 Å². The Morgan fingerprint density at radius 1 is 1.13 bits per heavy atom. The normalized spacial score (nSPS) is 14.1. The maximum Gasteiger partial charge on any atom is 0.256 e. The second-order valence-electron chi connectivity index (χ2n) is 7.46. The lowest BCUT2D eigenvalue weighted by Crippen LogP contribution is -2.04. The molecule has 1 amide bonds. The second kappa shape index (κ2) is 8.02. The smallest absolute Gasteiger partial charge is 0.256 e. The zero-order valence-electron chi connectivity index (χ0n) is 17.2. The Morgan fingerprint density at radius 3 is 2.84 bits per heavy atom. The Labute approximate surface area is 179 Å². The van der Waals surface area contributed by atoms with Crippen LogP contribution in [0.2, 0.25) is 0 Å². The van der Waals surface area contributed by atoms with Crippen LogP contribution in [-0.4, -0.2) is 34.5 Å². The lowest BCUT2D eigenvalue weighted by molar-refractivity contribution is -0.110. The number of aromatic amines is 2. The summed E-state index contributed by atoms with van der Waals surface area (Å²) in [6.45, 7) is 0.802. The number of rotatable bonds is 7. The molecule has 3 heterocycles. The number of imidazole rings is 1. The van der Waals surface area contributed by atoms with Gasteiger partial charge >= 0.3 is 0 Å². The van der Waals surface area contributed by atoms with Gasteiger partial charge in [-0.1, -0.05) is 30.3 Å². The number of anilines is 2. The van der Waals surface area contributed by atoms with E-state index in [0.717, 1.165) is 47.4 Å². The molecule has 0 unspecified atom stereocenters. The van der Waals surface area contributed by atoms with Crippen LogP contribution in [0.1, 0.15) is 23.2 Å². The largest absolute Gasteiger partial charge is 0.495 e. The maximum atomic E-state index is 12.7. The van der Waals surface area contributed by atoms with Crippen LogP contribution in [0, 0.1) is 0 Å². The van der Waals surface area contributed by atoms with Crippen LogP contribution in [0.25, 0.3) is 22.7 Å². The summed E-state index contributed by atoms with van der Waals surface area (Å²) in [6, 6.07) is 16.1. The molecule has 156 valence electrons. The van der Waals surface area contributed by atoms with Crippen LogP contribution in [0.15, 0.2) is 54.7 Å². The highest BCUT2D eigenvalue weighted by Gasteiger charge is 2.28. The summed E-state index contributed by atoms with van der Waals surface area (Å²) >= 11 is 0. The number of aryl methyl sites for hydroxylation is 1. The first-order valence-electron chi connectivity index (χ1n) is 10.3. The molecule has 31 heavy (non-hydrogen) atoms. The summed E-state index contributed by atoms with van der Waals surface area (Å²) in [5, 5.41) is 6.30. The molecule has 0 radical (unpaired) electrons. The molecule has 1 aliphatic heterocycles. The molecule has 4 N–H and O–H groups in total. The topological polar surface area (TPSA) is 94.8 Å². The highest BCUT2D eigenvalue weighted by atomic mass is 16.5. The van der Waals surface area contributed by atoms with Crippen molar-refractivity contribution in [2.45, 2.75) is 12.8 Å². The van der Waals surface area contributed by atoms with Crippen LogP contribution in [-0.2, 0) is 11.2 Å². The fraction of sp³-hybridized carbons (Fsp3) is 0.167. The SMILES string of the molecule is COc1cc[nH]c1/C=C1\C(=O)Nc2ccc3[nH]c(NCCCc4ccccc4)nc3c21. The number of aromatic nitrogens is 3. The fourth-order valence-corrected chi connectivity index (χ4v) is 3.92. The molecule has 2 aromatic heterocycles. The van der Waals surface area contributed by atoms with Crippen LogP contribution < -0.4 is 15.4 Å². The van der Waals surface area contributed by atoms with Gasteiger partial charge in [0.25, 0.3) is 5.91 Å². The fourth-order valence-electron chi connectivity index (χ4n) is 3.92. The lowest BCUT2D eigenvalue weighted by Gasteiger charge is -2.03. The molecular formula is C24H23N5O2. The summed E-state index contributed by atoms with van der Waals surface area (Å²) in [5.41, 5.74) is 5.83. The van der Waals surface area contributed by atoms with Crippen molar-refractivity contribution in [3.05, 3.63) is 71.5 Å². The molecule has 0 saturated heterocycles. The minimum absolute atomic E-state index is 0.153. The van der Waals surface area contributed by atoms with Crippen molar-refractivity contribution >= 4 is 40.2 Å². The van der Waals surface area contributed by atoms with E-state index in [2.05, 4.69) is 44.9 Å². The molecule has 0 fully saturated rings. The minimum atomic E-state index is -0.153. The highest BCUT2D eigenvalue weighted by Crippen LogP contribution is 2.39. The van der Waals surface area contributed by atoms with E-state index in [1.807, 2.05) is 24.3 Å². The van der Waals surface area contributed by atoms with Gasteiger partial charge in [0.15, 0.2) is 0 Å². The number of nitrogens with zero attached hydrogens (tertiary/aromatic N) is 1. The van der Waals surface area contributed by atoms with Gasteiger partial charge in [-0.25, -0.2) is 4.98 Å². The van der Waals surface area contributed by atoms with Crippen LogP contribution >= 0.6 is 0 Å². The third-order valence-corrected chi connectivity index (χ3v) is 5.44. The molecule has 0 spiro atoms. The Morgan fingerprint density at radius 2 is 2.00 bits per heavy atom. The standard InChI is InChI=1S/C24H23N5O2/c1-31-20-11-13-25-19(20)14-16-21-17(27-23(16)30)9-10-18-22(21)29-24(28-18)26-12-5-8-15-6-3-2-4-7-15/h2-4,6-7,9-11,13-14,25H,5,8,12H2,1H3,(H,27,30)(H2,26,28,29)/b16-14-. The average Bonchev–Trinajstić information content (AvgIpc) is 3.49. The first kappa shape index (κ1) is 19.0. The number of H-pyrrole nitrogens is 2. The third kappa shape index (κ3) is 3.66. The molecule has 7 nitrogen and oxygen atoms in total. The number of carbonyl (C=O) groups excluding carboxylic acids is 1. The van der Waals surface area contributed by atoms with E-state index >= 15 is 0 Å². The number of nitrogens with one attached hydrogen (secondary N) is 4. The maximum absolute atomic E-state index is 12.7. The summed E-state index contributed by atoms with van der Waals surface area (Å²) < 4.78 is 5.36. The molecule has 4 aromatic rings. The quantitative estimate of drug-likeness (QED) is 0.266. The molecule has 0 bridgehead atoms. The Hall–Kier alpha value is -4.00. The van der Waals surface area contributed by atoms with E-state index in [-0.39, 0.29) is 5.91 Å². The molecule has 1 aliphatic rings. The van der Waals surface area contributed by atoms with E-state index in [0.29, 0.717) is 17.3 Å². The number of methoxy groups -OCH3 is 1. The lowest BCUT2D eigenvalue weighted by atomic mass is 10.0. The van der Waals surface area contributed by atoms with Crippen molar-refractivity contribution in [2.24, 2.45) is 0 Å². The molecule has 7 heteroatoms. The van der Waals surface area contributed by atoms with Gasteiger partial charge in [-0.15, -0.1) is 0 Å². The zero-order chi connectivity index (χ0) is 21.2. The molecule has 0 atom stereocenters. The average molecular weight is 413 g/mol. The van der Waals surface area contributed by atoms with E-state index in [4.69, 9.17) is 9.72 Å². The van der Waals surface area contributed by atoms with Crippen molar-refractivity contribution in [1.82, 2.24) is 15.0 Å². The zero-order valence-corrected chi connectivity index (χ0v) is 17.2. The van der Waals surface area contributed by atoms with Crippen LogP contribution in [0.3, 0.4) is 0 Å². The molecule has 0 aliphatic carbocycles. The van der Waals surface area contributed by atoms with E-state index < -0.39 is 0 Å². The molecule has 5 rings (SSSR count). The van der Waals surface area contributed by atoms with Gasteiger partial charge in [-0.2, -0.15) is 0 Å². The van der Waals surface area contributed by atoms with Crippen LogP contribution in [0.4, 0.5) is 11.6 Å². The predicted octanol–water partition coefficient (Wildman–Crippen LogP) is 4.44. The Kier molecular flexibility index (Phi) is 4.92. The van der Waals surface area contributed by atoms with Gasteiger partial charge < -0.3 is 25.3 Å². The minimum Gasteiger partial charge on any atom is -0.495 e. The van der Waals surface area contributed by atoms with Gasteiger partial charge in [-0.3, -0.25) is 4.79 Å². The first-order valence-corrected chi connectivity index (χ1v) is 10.3. The van der Waals surface area contributed by atoms with Crippen LogP contribution in [0.5, 0.6) is 5.75 Å². The molecule has 2 aromatic carbocycles. The van der Waals surface area contributed by atoms with Gasteiger partial charge in [0.05, 0.1) is 29.6 Å². The van der Waals surface area contributed by atoms with E-state index in [1.54, 1.807) is 19.4 Å². The summed E-state index contributed by atoms with van der Waals surface area (Å²) in [6.07, 6.45) is 5.59. The Bertz CT molecular complexity index is 1270. The molecular weight excluding hydrogens is 390 g/mol. The highest BCUT2D eigenvalue weighted by molar-refractivity contribution is 6.37. The first-order chi connectivity index (χ1) is 15.2.